The van der Waals surface area contributed by atoms with E-state index in [-0.39, 0.29) is 17.5 Å². The van der Waals surface area contributed by atoms with Crippen LogP contribution in [0.15, 0.2) is 53.3 Å². The third-order valence-electron chi connectivity index (χ3n) is 4.48. The second kappa shape index (κ2) is 8.58. The Kier molecular flexibility index (Phi) is 6.30. The highest BCUT2D eigenvalue weighted by atomic mass is 32.2. The van der Waals surface area contributed by atoms with Gasteiger partial charge in [0.05, 0.1) is 15.9 Å². The van der Waals surface area contributed by atoms with Crippen LogP contribution in [0.2, 0.25) is 0 Å². The summed E-state index contributed by atoms with van der Waals surface area (Å²) in [4.78, 5) is 24.8. The second-order valence-corrected chi connectivity index (χ2v) is 10.3. The van der Waals surface area contributed by atoms with Crippen molar-refractivity contribution in [2.75, 3.05) is 30.3 Å². The van der Waals surface area contributed by atoms with E-state index in [4.69, 9.17) is 0 Å². The second-order valence-electron chi connectivity index (χ2n) is 7.19. The molecule has 0 unspecified atom stereocenters. The normalized spacial score (nSPS) is 11.9. The lowest BCUT2D eigenvalue weighted by Gasteiger charge is -2.26. The van der Waals surface area contributed by atoms with Crippen molar-refractivity contribution in [2.24, 2.45) is 0 Å². The van der Waals surface area contributed by atoms with E-state index in [9.17, 15) is 18.0 Å². The minimum Gasteiger partial charge on any atom is -0.324 e. The van der Waals surface area contributed by atoms with Crippen LogP contribution in [-0.4, -0.2) is 43.8 Å². The first-order valence-electron chi connectivity index (χ1n) is 9.31. The lowest BCUT2D eigenvalue weighted by molar-refractivity contribution is -0.114. The van der Waals surface area contributed by atoms with Gasteiger partial charge in [0, 0.05) is 25.8 Å². The fourth-order valence-corrected chi connectivity index (χ4v) is 5.15. The molecule has 1 heterocycles. The van der Waals surface area contributed by atoms with Crippen molar-refractivity contribution >= 4 is 49.0 Å². The van der Waals surface area contributed by atoms with Crippen molar-refractivity contribution in [1.29, 1.82) is 0 Å². The molecule has 3 rings (SSSR count). The molecule has 0 aliphatic rings. The first-order chi connectivity index (χ1) is 14.1. The molecule has 0 aliphatic heterocycles. The number of hydrogen-bond donors (Lipinski definition) is 1. The highest BCUT2D eigenvalue weighted by Gasteiger charge is 2.27. The number of rotatable bonds is 7. The third kappa shape index (κ3) is 4.40. The Bertz CT molecular complexity index is 1210. The summed E-state index contributed by atoms with van der Waals surface area (Å²) in [6.45, 7) is 3.49. The van der Waals surface area contributed by atoms with Gasteiger partial charge in [0.1, 0.15) is 6.54 Å². The lowest BCUT2D eigenvalue weighted by Crippen LogP contribution is -2.44. The van der Waals surface area contributed by atoms with Crippen LogP contribution in [0.4, 0.5) is 11.4 Å². The minimum absolute atomic E-state index is 0.0300. The Balaban J connectivity index is 1.86. The topological polar surface area (TPSA) is 91.7 Å². The molecule has 0 spiro atoms. The van der Waals surface area contributed by atoms with Crippen LogP contribution in [0.1, 0.15) is 19.9 Å². The molecular formula is C20H24N4O4S2. The van der Waals surface area contributed by atoms with Gasteiger partial charge in [0.15, 0.2) is 0 Å². The zero-order chi connectivity index (χ0) is 22.1. The molecule has 2 aromatic carbocycles. The standard InChI is InChI=1S/C20H24N4O4S2/c1-14(2)24-17-11-10-15(12-18(17)29-20(24)26)21-19(25)13-23(30(27,28)22(3)4)16-8-6-5-7-9-16/h5-12,14H,13H2,1-4H3,(H,21,25). The van der Waals surface area contributed by atoms with Crippen molar-refractivity contribution in [3.8, 4) is 0 Å². The molecule has 0 fully saturated rings. The number of nitrogens with one attached hydrogen (secondary N) is 1. The number of anilines is 2. The zero-order valence-electron chi connectivity index (χ0n) is 17.2. The molecule has 30 heavy (non-hydrogen) atoms. The Morgan fingerprint density at radius 3 is 2.40 bits per heavy atom. The molecule has 1 aromatic heterocycles. The molecule has 0 atom stereocenters. The molecule has 8 nitrogen and oxygen atoms in total. The summed E-state index contributed by atoms with van der Waals surface area (Å²) in [6, 6.07) is 13.7. The maximum Gasteiger partial charge on any atom is 0.308 e. The molecule has 160 valence electrons. The van der Waals surface area contributed by atoms with Crippen molar-refractivity contribution in [3.63, 3.8) is 0 Å². The first-order valence-corrected chi connectivity index (χ1v) is 11.5. The summed E-state index contributed by atoms with van der Waals surface area (Å²) in [5.41, 5.74) is 1.70. The van der Waals surface area contributed by atoms with E-state index >= 15 is 0 Å². The van der Waals surface area contributed by atoms with Gasteiger partial charge in [-0.1, -0.05) is 29.5 Å². The largest absolute Gasteiger partial charge is 0.324 e. The molecule has 0 aliphatic carbocycles. The quantitative estimate of drug-likeness (QED) is 0.602. The predicted octanol–water partition coefficient (Wildman–Crippen LogP) is 2.90. The van der Waals surface area contributed by atoms with E-state index in [2.05, 4.69) is 5.32 Å². The molecular weight excluding hydrogens is 424 g/mol. The number of carbonyl (C=O) groups excluding carboxylic acids is 1. The lowest BCUT2D eigenvalue weighted by atomic mass is 10.2. The molecule has 3 aromatic rings. The van der Waals surface area contributed by atoms with Gasteiger partial charge in [-0.05, 0) is 44.2 Å². The summed E-state index contributed by atoms with van der Waals surface area (Å²) in [5, 5.41) is 2.74. The number of para-hydroxylation sites is 1. The predicted molar refractivity (Wildman–Crippen MR) is 121 cm³/mol. The van der Waals surface area contributed by atoms with Crippen LogP contribution in [0, 0.1) is 0 Å². The molecule has 1 N–H and O–H groups in total. The SMILES string of the molecule is CC(C)n1c(=O)sc2cc(NC(=O)CN(c3ccccc3)S(=O)(=O)N(C)C)ccc21. The zero-order valence-corrected chi connectivity index (χ0v) is 18.8. The van der Waals surface area contributed by atoms with Gasteiger partial charge in [-0.15, -0.1) is 0 Å². The van der Waals surface area contributed by atoms with Crippen molar-refractivity contribution < 1.29 is 13.2 Å². The molecule has 0 bridgehead atoms. The van der Waals surface area contributed by atoms with Crippen LogP contribution >= 0.6 is 11.3 Å². The Hall–Kier alpha value is -2.69. The van der Waals surface area contributed by atoms with Gasteiger partial charge in [-0.2, -0.15) is 12.7 Å². The number of aromatic nitrogens is 1. The fraction of sp³-hybridized carbons (Fsp3) is 0.300. The Morgan fingerprint density at radius 1 is 1.13 bits per heavy atom. The number of hydrogen-bond acceptors (Lipinski definition) is 5. The van der Waals surface area contributed by atoms with Gasteiger partial charge in [-0.25, -0.2) is 4.31 Å². The van der Waals surface area contributed by atoms with Gasteiger partial charge < -0.3 is 5.32 Å². The number of amides is 1. The number of benzene rings is 2. The van der Waals surface area contributed by atoms with E-state index in [1.807, 2.05) is 13.8 Å². The van der Waals surface area contributed by atoms with Crippen molar-refractivity contribution in [1.82, 2.24) is 8.87 Å². The summed E-state index contributed by atoms with van der Waals surface area (Å²) < 4.78 is 30.0. The van der Waals surface area contributed by atoms with E-state index in [1.54, 1.807) is 53.1 Å². The molecule has 10 heteroatoms. The van der Waals surface area contributed by atoms with E-state index in [0.29, 0.717) is 11.4 Å². The van der Waals surface area contributed by atoms with Crippen molar-refractivity contribution in [3.05, 3.63) is 58.2 Å². The maximum atomic E-state index is 12.7. The summed E-state index contributed by atoms with van der Waals surface area (Å²) >= 11 is 1.11. The monoisotopic (exact) mass is 448 g/mol. The minimum atomic E-state index is -3.86. The average molecular weight is 449 g/mol. The number of fused-ring (bicyclic) bond motifs is 1. The molecule has 0 radical (unpaired) electrons. The highest BCUT2D eigenvalue weighted by molar-refractivity contribution is 7.90. The van der Waals surface area contributed by atoms with Crippen LogP contribution in [-0.2, 0) is 15.0 Å². The van der Waals surface area contributed by atoms with Crippen LogP contribution in [0.5, 0.6) is 0 Å². The number of thiazole rings is 1. The fourth-order valence-electron chi connectivity index (χ4n) is 3.03. The van der Waals surface area contributed by atoms with Crippen LogP contribution in [0.25, 0.3) is 10.2 Å². The van der Waals surface area contributed by atoms with E-state index in [0.717, 1.165) is 30.2 Å². The molecule has 0 saturated carbocycles. The summed E-state index contributed by atoms with van der Waals surface area (Å²) in [5.74, 6) is -0.487. The maximum absolute atomic E-state index is 12.7. The summed E-state index contributed by atoms with van der Waals surface area (Å²) in [7, 11) is -1.03. The molecule has 0 saturated heterocycles. The van der Waals surface area contributed by atoms with Gasteiger partial charge in [-0.3, -0.25) is 14.2 Å². The highest BCUT2D eigenvalue weighted by Crippen LogP contribution is 2.24. The number of nitrogens with zero attached hydrogens (tertiary/aromatic N) is 3. The number of carbonyl (C=O) groups is 1. The smallest absolute Gasteiger partial charge is 0.308 e. The van der Waals surface area contributed by atoms with E-state index < -0.39 is 16.1 Å². The van der Waals surface area contributed by atoms with Gasteiger partial charge in [0.25, 0.3) is 0 Å². The van der Waals surface area contributed by atoms with Crippen molar-refractivity contribution in [2.45, 2.75) is 19.9 Å². The van der Waals surface area contributed by atoms with Crippen LogP contribution < -0.4 is 14.5 Å². The van der Waals surface area contributed by atoms with Crippen LogP contribution in [0.3, 0.4) is 0 Å². The Morgan fingerprint density at radius 2 is 1.80 bits per heavy atom. The van der Waals surface area contributed by atoms with Gasteiger partial charge in [0.2, 0.25) is 5.91 Å². The molecule has 1 amide bonds. The first kappa shape index (κ1) is 22.0. The van der Waals surface area contributed by atoms with Gasteiger partial charge >= 0.3 is 15.1 Å². The third-order valence-corrected chi connectivity index (χ3v) is 7.22. The average Bonchev–Trinajstić information content (AvgIpc) is 3.01. The van der Waals surface area contributed by atoms with E-state index in [1.165, 1.54) is 14.1 Å². The Labute approximate surface area is 179 Å². The summed E-state index contributed by atoms with van der Waals surface area (Å²) in [6.07, 6.45) is 0.